The minimum atomic E-state index is 0.520. The Morgan fingerprint density at radius 2 is 1.50 bits per heavy atom. The number of hydrogen-bond donors (Lipinski definition) is 3. The van der Waals surface area contributed by atoms with Gasteiger partial charge in [-0.2, -0.15) is 10.2 Å². The van der Waals surface area contributed by atoms with E-state index in [-0.39, 0.29) is 0 Å². The van der Waals surface area contributed by atoms with Gasteiger partial charge < -0.3 is 25.8 Å². The fraction of sp³-hybridized carbons (Fsp3) is 0.367. The summed E-state index contributed by atoms with van der Waals surface area (Å²) in [5.74, 6) is 1.43. The summed E-state index contributed by atoms with van der Waals surface area (Å²) < 4.78 is 6.17. The lowest BCUT2D eigenvalue weighted by Crippen LogP contribution is -2.34. The van der Waals surface area contributed by atoms with Gasteiger partial charge in [-0.3, -0.25) is 14.3 Å². The Morgan fingerprint density at radius 1 is 0.833 bits per heavy atom. The number of nitrogens with one attached hydrogen (secondary N) is 2. The Labute approximate surface area is 357 Å². The van der Waals surface area contributed by atoms with Gasteiger partial charge in [0.2, 0.25) is 5.95 Å². The van der Waals surface area contributed by atoms with Crippen LogP contribution in [0.2, 0.25) is 0 Å². The summed E-state index contributed by atoms with van der Waals surface area (Å²) in [7, 11) is 0. The number of aryl methyl sites for hydroxylation is 6. The van der Waals surface area contributed by atoms with Gasteiger partial charge in [0.05, 0.1) is 50.9 Å². The standard InChI is InChI=1S/C49H65N11/c1-12-21-41-30-42(36(8)50)31-44-48(41)58(49(53-44)52-38(10)46-28-35(7)55-60(46)15-4)25-20-19-24-57(39(11)51-37(9)45-27-34(6)54-59(45)14-3)47-33(5)26-40(13-2)29-43(47)32-56-22-17-16-18-23-56/h13,19-20,26-31,51H,2,8-12,14-18,21-25,32,50H2,1,3-7H3,(H,52,53)/b20-19+. The SMILES string of the molecule is C=Cc1cc(C)c(N(C/C=C/Cn2c(NC(=C)c3cc(C)nn3CC)nc3cc(C(=C)N)cc(CCC)c32)C(=C)NC(=C)c2cc(C)nn2CC)c(CN2CCCCC2)c1. The summed E-state index contributed by atoms with van der Waals surface area (Å²) in [6, 6.07) is 12.8. The van der Waals surface area contributed by atoms with Crippen molar-refractivity contribution in [2.75, 3.05) is 29.9 Å². The molecule has 0 bridgehead atoms. The van der Waals surface area contributed by atoms with E-state index in [1.165, 1.54) is 30.4 Å². The fourth-order valence-electron chi connectivity index (χ4n) is 8.40. The van der Waals surface area contributed by atoms with Crippen molar-refractivity contribution in [1.82, 2.24) is 39.3 Å². The van der Waals surface area contributed by atoms with Gasteiger partial charge in [0.15, 0.2) is 0 Å². The molecule has 316 valence electrons. The molecule has 5 aromatic rings. The first-order valence-electron chi connectivity index (χ1n) is 21.4. The predicted octanol–water partition coefficient (Wildman–Crippen LogP) is 9.78. The maximum atomic E-state index is 6.26. The van der Waals surface area contributed by atoms with Crippen molar-refractivity contribution < 1.29 is 0 Å². The molecule has 0 spiro atoms. The Morgan fingerprint density at radius 3 is 2.12 bits per heavy atom. The van der Waals surface area contributed by atoms with Gasteiger partial charge in [-0.1, -0.05) is 70.9 Å². The molecular formula is C49H65N11. The average molecular weight is 808 g/mol. The summed E-state index contributed by atoms with van der Waals surface area (Å²) in [6.45, 7) is 39.9. The number of piperidine rings is 1. The lowest BCUT2D eigenvalue weighted by molar-refractivity contribution is 0.221. The normalized spacial score (nSPS) is 13.2. The number of imidazole rings is 1. The van der Waals surface area contributed by atoms with Crippen LogP contribution in [0.1, 0.15) is 97.0 Å². The largest absolute Gasteiger partial charge is 0.399 e. The Balaban J connectivity index is 1.39. The number of nitrogens with zero attached hydrogens (tertiary/aromatic N) is 8. The van der Waals surface area contributed by atoms with E-state index in [1.807, 2.05) is 35.4 Å². The molecule has 1 saturated heterocycles. The third kappa shape index (κ3) is 9.69. The molecule has 3 aromatic heterocycles. The molecule has 0 amide bonds. The number of nitrogens with two attached hydrogens (primary N) is 1. The summed E-state index contributed by atoms with van der Waals surface area (Å²) in [5, 5.41) is 16.5. The van der Waals surface area contributed by atoms with Crippen molar-refractivity contribution in [3.8, 4) is 0 Å². The highest BCUT2D eigenvalue weighted by Crippen LogP contribution is 2.33. The third-order valence-electron chi connectivity index (χ3n) is 11.2. The monoisotopic (exact) mass is 808 g/mol. The molecule has 0 aliphatic carbocycles. The van der Waals surface area contributed by atoms with Gasteiger partial charge >= 0.3 is 0 Å². The average Bonchev–Trinajstić information content (AvgIpc) is 3.92. The molecule has 4 N–H and O–H groups in total. The molecule has 0 saturated carbocycles. The van der Waals surface area contributed by atoms with E-state index in [0.29, 0.717) is 24.7 Å². The van der Waals surface area contributed by atoms with Crippen molar-refractivity contribution in [3.63, 3.8) is 0 Å². The van der Waals surface area contributed by atoms with Crippen LogP contribution in [0.4, 0.5) is 11.6 Å². The van der Waals surface area contributed by atoms with E-state index < -0.39 is 0 Å². The van der Waals surface area contributed by atoms with Crippen LogP contribution in [0.15, 0.2) is 87.3 Å². The first-order valence-corrected chi connectivity index (χ1v) is 21.4. The van der Waals surface area contributed by atoms with E-state index in [0.717, 1.165) is 119 Å². The summed E-state index contributed by atoms with van der Waals surface area (Å²) in [6.07, 6.45) is 11.9. The molecule has 2 aromatic carbocycles. The van der Waals surface area contributed by atoms with Crippen LogP contribution >= 0.6 is 0 Å². The number of allylic oxidation sites excluding steroid dienone is 1. The second-order valence-electron chi connectivity index (χ2n) is 15.9. The molecule has 4 heterocycles. The highest BCUT2D eigenvalue weighted by Gasteiger charge is 2.22. The van der Waals surface area contributed by atoms with E-state index in [1.54, 1.807) is 0 Å². The van der Waals surface area contributed by atoms with E-state index in [4.69, 9.17) is 10.7 Å². The Bertz CT molecular complexity index is 2430. The molecule has 11 heteroatoms. The Kier molecular flexibility index (Phi) is 14.0. The highest BCUT2D eigenvalue weighted by molar-refractivity contribution is 5.87. The zero-order valence-electron chi connectivity index (χ0n) is 36.9. The Hall–Kier alpha value is -6.07. The van der Waals surface area contributed by atoms with Crippen molar-refractivity contribution in [2.45, 2.75) is 99.8 Å². The highest BCUT2D eigenvalue weighted by atomic mass is 15.3. The maximum absolute atomic E-state index is 6.26. The summed E-state index contributed by atoms with van der Waals surface area (Å²) in [5.41, 5.74) is 20.6. The molecule has 1 aliphatic heterocycles. The molecular weight excluding hydrogens is 743 g/mol. The first kappa shape index (κ1) is 43.5. The van der Waals surface area contributed by atoms with E-state index >= 15 is 0 Å². The molecule has 1 aliphatic rings. The predicted molar refractivity (Wildman–Crippen MR) is 253 cm³/mol. The van der Waals surface area contributed by atoms with Crippen LogP contribution in [0, 0.1) is 20.8 Å². The zero-order valence-corrected chi connectivity index (χ0v) is 36.9. The number of benzene rings is 2. The number of aromatic nitrogens is 6. The van der Waals surface area contributed by atoms with Gasteiger partial charge in [-0.05, 0) is 131 Å². The van der Waals surface area contributed by atoms with Crippen molar-refractivity contribution in [3.05, 3.63) is 138 Å². The molecule has 1 fully saturated rings. The van der Waals surface area contributed by atoms with Gasteiger partial charge in [-0.15, -0.1) is 0 Å². The lowest BCUT2D eigenvalue weighted by Gasteiger charge is -2.33. The number of rotatable bonds is 20. The topological polar surface area (TPSA) is 110 Å². The fourth-order valence-corrected chi connectivity index (χ4v) is 8.40. The third-order valence-corrected chi connectivity index (χ3v) is 11.2. The van der Waals surface area contributed by atoms with Crippen LogP contribution in [0.3, 0.4) is 0 Å². The number of anilines is 2. The second-order valence-corrected chi connectivity index (χ2v) is 15.9. The van der Waals surface area contributed by atoms with Crippen molar-refractivity contribution in [1.29, 1.82) is 0 Å². The lowest BCUT2D eigenvalue weighted by atomic mass is 10.0. The van der Waals surface area contributed by atoms with Crippen LogP contribution in [-0.4, -0.2) is 53.6 Å². The molecule has 11 nitrogen and oxygen atoms in total. The quantitative estimate of drug-likeness (QED) is 0.0668. The number of likely N-dealkylation sites (tertiary alicyclic amines) is 1. The van der Waals surface area contributed by atoms with Gasteiger partial charge in [0.1, 0.15) is 5.82 Å². The van der Waals surface area contributed by atoms with Crippen LogP contribution in [0.5, 0.6) is 0 Å². The smallest absolute Gasteiger partial charge is 0.208 e. The second kappa shape index (κ2) is 19.3. The van der Waals surface area contributed by atoms with Crippen LogP contribution in [0.25, 0.3) is 34.2 Å². The minimum Gasteiger partial charge on any atom is -0.399 e. The molecule has 0 radical (unpaired) electrons. The summed E-state index contributed by atoms with van der Waals surface area (Å²) in [4.78, 5) is 10.0. The minimum absolute atomic E-state index is 0.520. The molecule has 0 atom stereocenters. The van der Waals surface area contributed by atoms with Crippen LogP contribution in [-0.2, 0) is 32.6 Å². The van der Waals surface area contributed by atoms with Gasteiger partial charge in [0, 0.05) is 38.4 Å². The molecule has 60 heavy (non-hydrogen) atoms. The zero-order chi connectivity index (χ0) is 43.1. The van der Waals surface area contributed by atoms with Crippen LogP contribution < -0.4 is 21.3 Å². The van der Waals surface area contributed by atoms with Gasteiger partial charge in [0.25, 0.3) is 0 Å². The first-order chi connectivity index (χ1) is 28.8. The van der Waals surface area contributed by atoms with Gasteiger partial charge in [-0.25, -0.2) is 4.98 Å². The number of hydrogen-bond acceptors (Lipinski definition) is 8. The van der Waals surface area contributed by atoms with E-state index in [2.05, 4.69) is 138 Å². The summed E-state index contributed by atoms with van der Waals surface area (Å²) >= 11 is 0. The van der Waals surface area contributed by atoms with Crippen molar-refractivity contribution >= 4 is 45.8 Å². The number of fused-ring (bicyclic) bond motifs is 1. The maximum Gasteiger partial charge on any atom is 0.208 e. The van der Waals surface area contributed by atoms with E-state index in [9.17, 15) is 0 Å². The molecule has 6 rings (SSSR count). The van der Waals surface area contributed by atoms with Crippen molar-refractivity contribution in [2.24, 2.45) is 5.73 Å². The molecule has 0 unspecified atom stereocenters.